The van der Waals surface area contributed by atoms with Gasteiger partial charge in [0.25, 0.3) is 0 Å². The van der Waals surface area contributed by atoms with Crippen LogP contribution in [0.25, 0.3) is 0 Å². The molecule has 0 unspecified atom stereocenters. The van der Waals surface area contributed by atoms with E-state index in [2.05, 4.69) is 104 Å². The van der Waals surface area contributed by atoms with Gasteiger partial charge in [-0.05, 0) is 0 Å². The second-order valence-electron chi connectivity index (χ2n) is 9.38. The standard InChI is InChI=1S/3C10H15.Re/c3*1-6-7(2)9(4)10(5)8(6)3;/h3*1-5H3;/q3*-1;. The predicted octanol–water partition coefficient (Wildman–Crippen LogP) is 8.84. The maximum Gasteiger partial charge on any atom is 0 e. The molecule has 0 aliphatic carbocycles. The third-order valence-electron chi connectivity index (χ3n) is 8.44. The molecule has 3 aromatic carbocycles. The summed E-state index contributed by atoms with van der Waals surface area (Å²) in [4.78, 5) is 0. The van der Waals surface area contributed by atoms with Crippen molar-refractivity contribution < 1.29 is 20.4 Å². The van der Waals surface area contributed by atoms with Crippen LogP contribution in [-0.2, 0) is 20.4 Å². The van der Waals surface area contributed by atoms with Gasteiger partial charge in [-0.1, -0.05) is 104 Å². The van der Waals surface area contributed by atoms with Gasteiger partial charge in [-0.15, -0.1) is 0 Å². The van der Waals surface area contributed by atoms with E-state index in [4.69, 9.17) is 0 Å². The Morgan fingerprint density at radius 2 is 0.387 bits per heavy atom. The molecule has 3 rings (SSSR count). The molecule has 0 N–H and O–H groups in total. The summed E-state index contributed by atoms with van der Waals surface area (Å²) in [5, 5.41) is 0. The van der Waals surface area contributed by atoms with Crippen LogP contribution in [0.15, 0.2) is 0 Å². The molecule has 0 saturated carbocycles. The first-order valence-electron chi connectivity index (χ1n) is 11.2. The normalized spacial score (nSPS) is 10.2. The SMILES string of the molecule is Cc1c(C)c(C)[c-](C)c1C.Cc1c(C)c(C)[c-](C)c1C.Cc1c(C)c(C)[c-](C)c1C.[Re]. The minimum Gasteiger partial charge on any atom is -0.196 e. The van der Waals surface area contributed by atoms with Gasteiger partial charge in [0.2, 0.25) is 0 Å². The molecule has 0 atom stereocenters. The van der Waals surface area contributed by atoms with Crippen molar-refractivity contribution in [2.75, 3.05) is 0 Å². The van der Waals surface area contributed by atoms with E-state index in [1.54, 1.807) is 0 Å². The Labute approximate surface area is 207 Å². The Morgan fingerprint density at radius 3 is 0.419 bits per heavy atom. The van der Waals surface area contributed by atoms with Crippen molar-refractivity contribution in [1.29, 1.82) is 0 Å². The van der Waals surface area contributed by atoms with Crippen molar-refractivity contribution in [3.63, 3.8) is 0 Å². The van der Waals surface area contributed by atoms with Crippen LogP contribution in [0.5, 0.6) is 0 Å². The van der Waals surface area contributed by atoms with Gasteiger partial charge >= 0.3 is 0 Å². The first-order valence-corrected chi connectivity index (χ1v) is 11.2. The van der Waals surface area contributed by atoms with Crippen molar-refractivity contribution in [2.45, 2.75) is 104 Å². The quantitative estimate of drug-likeness (QED) is 0.229. The Balaban J connectivity index is 0.000000429. The van der Waals surface area contributed by atoms with Gasteiger partial charge in [0.1, 0.15) is 0 Å². The molecule has 0 aliphatic heterocycles. The second-order valence-corrected chi connectivity index (χ2v) is 9.38. The van der Waals surface area contributed by atoms with E-state index < -0.39 is 0 Å². The van der Waals surface area contributed by atoms with Crippen molar-refractivity contribution >= 4 is 0 Å². The van der Waals surface area contributed by atoms with Crippen LogP contribution in [0.3, 0.4) is 0 Å². The minimum atomic E-state index is 0. The molecule has 0 fully saturated rings. The fourth-order valence-electron chi connectivity index (χ4n) is 4.22. The third-order valence-corrected chi connectivity index (χ3v) is 8.44. The molecule has 0 aliphatic rings. The molecule has 0 bridgehead atoms. The van der Waals surface area contributed by atoms with Gasteiger partial charge in [-0.3, -0.25) is 0 Å². The van der Waals surface area contributed by atoms with Crippen molar-refractivity contribution in [3.05, 3.63) is 83.5 Å². The Kier molecular flexibility index (Phi) is 11.1. The van der Waals surface area contributed by atoms with Crippen LogP contribution in [0.1, 0.15) is 83.5 Å². The van der Waals surface area contributed by atoms with Crippen molar-refractivity contribution in [1.82, 2.24) is 0 Å². The zero-order valence-electron chi connectivity index (χ0n) is 22.9. The molecule has 0 spiro atoms. The van der Waals surface area contributed by atoms with Crippen LogP contribution < -0.4 is 0 Å². The van der Waals surface area contributed by atoms with E-state index >= 15 is 0 Å². The maximum atomic E-state index is 2.20. The Bertz CT molecular complexity index is 654. The molecule has 3 aromatic rings. The molecule has 0 heterocycles. The van der Waals surface area contributed by atoms with Gasteiger partial charge in [0.15, 0.2) is 0 Å². The summed E-state index contributed by atoms with van der Waals surface area (Å²) >= 11 is 0. The number of hydrogen-bond donors (Lipinski definition) is 0. The molecule has 0 amide bonds. The molecular formula is C30H45Re-3. The second kappa shape index (κ2) is 11.5. The van der Waals surface area contributed by atoms with Crippen LogP contribution in [-0.4, -0.2) is 0 Å². The van der Waals surface area contributed by atoms with E-state index in [9.17, 15) is 0 Å². The minimum absolute atomic E-state index is 0. The monoisotopic (exact) mass is 592 g/mol. The predicted molar refractivity (Wildman–Crippen MR) is 137 cm³/mol. The summed E-state index contributed by atoms with van der Waals surface area (Å²) < 4.78 is 0. The first-order chi connectivity index (χ1) is 13.7. The maximum absolute atomic E-state index is 2.20. The van der Waals surface area contributed by atoms with Gasteiger partial charge in [0.05, 0.1) is 0 Å². The summed E-state index contributed by atoms with van der Waals surface area (Å²) in [5.74, 6) is 0. The molecule has 0 nitrogen and oxygen atoms in total. The van der Waals surface area contributed by atoms with Gasteiger partial charge in [0, 0.05) is 20.4 Å². The summed E-state index contributed by atoms with van der Waals surface area (Å²) in [6, 6.07) is 0. The smallest absolute Gasteiger partial charge is 0 e. The van der Waals surface area contributed by atoms with Crippen LogP contribution in [0.4, 0.5) is 0 Å². The molecule has 0 saturated heterocycles. The van der Waals surface area contributed by atoms with Crippen LogP contribution >= 0.6 is 0 Å². The summed E-state index contributed by atoms with van der Waals surface area (Å²) in [5.41, 5.74) is 22.0. The molecule has 1 heteroatoms. The first kappa shape index (κ1) is 29.7. The zero-order valence-corrected chi connectivity index (χ0v) is 25.6. The largest absolute Gasteiger partial charge is 0.196 e. The van der Waals surface area contributed by atoms with Crippen LogP contribution in [0, 0.1) is 104 Å². The van der Waals surface area contributed by atoms with E-state index in [0.29, 0.717) is 0 Å². The van der Waals surface area contributed by atoms with E-state index in [1.807, 2.05) is 0 Å². The topological polar surface area (TPSA) is 0 Å². The fourth-order valence-corrected chi connectivity index (χ4v) is 4.22. The summed E-state index contributed by atoms with van der Waals surface area (Å²) in [6.07, 6.45) is 0. The average molecular weight is 592 g/mol. The Hall–Kier alpha value is -1.29. The molecule has 0 aromatic heterocycles. The Morgan fingerprint density at radius 1 is 0.290 bits per heavy atom. The number of rotatable bonds is 0. The summed E-state index contributed by atoms with van der Waals surface area (Å²) in [7, 11) is 0. The van der Waals surface area contributed by atoms with Gasteiger partial charge in [-0.25, -0.2) is 0 Å². The molecule has 175 valence electrons. The zero-order chi connectivity index (χ0) is 23.7. The van der Waals surface area contributed by atoms with Gasteiger partial charge < -0.3 is 0 Å². The van der Waals surface area contributed by atoms with Crippen molar-refractivity contribution in [3.8, 4) is 0 Å². The molecule has 1 radical (unpaired) electrons. The van der Waals surface area contributed by atoms with Gasteiger partial charge in [-0.2, -0.15) is 83.5 Å². The molecule has 31 heavy (non-hydrogen) atoms. The van der Waals surface area contributed by atoms with E-state index in [0.717, 1.165) is 0 Å². The average Bonchev–Trinajstić information content (AvgIpc) is 3.09. The van der Waals surface area contributed by atoms with E-state index in [-0.39, 0.29) is 20.4 Å². The van der Waals surface area contributed by atoms with Crippen molar-refractivity contribution in [2.24, 2.45) is 0 Å². The fraction of sp³-hybridized carbons (Fsp3) is 0.500. The summed E-state index contributed by atoms with van der Waals surface area (Å²) in [6.45, 7) is 33.0. The number of hydrogen-bond acceptors (Lipinski definition) is 0. The molecular weight excluding hydrogens is 547 g/mol. The third kappa shape index (κ3) is 5.94. The van der Waals surface area contributed by atoms with E-state index in [1.165, 1.54) is 83.5 Å². The van der Waals surface area contributed by atoms with Crippen LogP contribution in [0.2, 0.25) is 0 Å².